The predicted octanol–water partition coefficient (Wildman–Crippen LogP) is 1.64. The van der Waals surface area contributed by atoms with E-state index in [-0.39, 0.29) is 18.7 Å². The molecule has 2 aromatic heterocycles. The van der Waals surface area contributed by atoms with Gasteiger partial charge in [-0.05, 0) is 36.5 Å². The van der Waals surface area contributed by atoms with E-state index in [1.807, 2.05) is 35.2 Å². The Hall–Kier alpha value is -1.92. The molecule has 1 saturated heterocycles. The number of nitrogens with one attached hydrogen (secondary N) is 1. The zero-order chi connectivity index (χ0) is 13.9. The molecule has 5 nitrogen and oxygen atoms in total. The Morgan fingerprint density at radius 1 is 1.35 bits per heavy atom. The Labute approximate surface area is 122 Å². The number of aromatic nitrogens is 1. The summed E-state index contributed by atoms with van der Waals surface area (Å²) in [7, 11) is 0. The van der Waals surface area contributed by atoms with Crippen molar-refractivity contribution >= 4 is 17.3 Å². The van der Waals surface area contributed by atoms with Crippen LogP contribution in [0, 0.1) is 0 Å². The summed E-state index contributed by atoms with van der Waals surface area (Å²) in [5.41, 5.74) is 0.900. The van der Waals surface area contributed by atoms with Gasteiger partial charge < -0.3 is 19.7 Å². The molecule has 3 rings (SSSR count). The third-order valence-electron chi connectivity index (χ3n) is 3.37. The molecule has 3 heterocycles. The van der Waals surface area contributed by atoms with Crippen molar-refractivity contribution in [1.82, 2.24) is 15.2 Å². The van der Waals surface area contributed by atoms with Gasteiger partial charge in [0.2, 0.25) is 0 Å². The highest BCUT2D eigenvalue weighted by molar-refractivity contribution is 7.80. The average Bonchev–Trinajstić information content (AvgIpc) is 3.09. The van der Waals surface area contributed by atoms with E-state index in [1.165, 1.54) is 0 Å². The highest BCUT2D eigenvalue weighted by Crippen LogP contribution is 2.38. The van der Waals surface area contributed by atoms with Gasteiger partial charge in [-0.15, -0.1) is 0 Å². The summed E-state index contributed by atoms with van der Waals surface area (Å²) in [6.45, 7) is 0.495. The standard InChI is InChI=1S/C14H15N3O2S/c18-8-7-17-13(11-5-3-9-19-11)12(16-14(17)20)10-4-1-2-6-15-10/h1-6,9,12-13,18H,7-8H2,(H,16,20). The zero-order valence-corrected chi connectivity index (χ0v) is 11.6. The number of thiocarbonyl (C=S) groups is 1. The van der Waals surface area contributed by atoms with Crippen molar-refractivity contribution < 1.29 is 9.52 Å². The van der Waals surface area contributed by atoms with Crippen molar-refractivity contribution in [3.8, 4) is 0 Å². The summed E-state index contributed by atoms with van der Waals surface area (Å²) in [5, 5.41) is 13.1. The third kappa shape index (κ3) is 2.28. The quantitative estimate of drug-likeness (QED) is 0.834. The molecular weight excluding hydrogens is 274 g/mol. The number of pyridine rings is 1. The van der Waals surface area contributed by atoms with Gasteiger partial charge in [-0.25, -0.2) is 0 Å². The number of furan rings is 1. The number of β-amino-alcohol motifs (C(OH)–C–C–N with tert-alkyl or cyclic N) is 1. The maximum absolute atomic E-state index is 9.24. The van der Waals surface area contributed by atoms with Gasteiger partial charge >= 0.3 is 0 Å². The van der Waals surface area contributed by atoms with Gasteiger partial charge in [-0.1, -0.05) is 6.07 Å². The molecule has 0 bridgehead atoms. The van der Waals surface area contributed by atoms with Crippen LogP contribution in [0.5, 0.6) is 0 Å². The molecule has 0 radical (unpaired) electrons. The van der Waals surface area contributed by atoms with Crippen molar-refractivity contribution in [2.45, 2.75) is 12.1 Å². The Balaban J connectivity index is 1.99. The summed E-state index contributed by atoms with van der Waals surface area (Å²) in [6, 6.07) is 9.37. The summed E-state index contributed by atoms with van der Waals surface area (Å²) in [6.07, 6.45) is 3.40. The van der Waals surface area contributed by atoms with E-state index < -0.39 is 0 Å². The molecule has 0 aromatic carbocycles. The van der Waals surface area contributed by atoms with E-state index >= 15 is 0 Å². The Morgan fingerprint density at radius 3 is 2.90 bits per heavy atom. The molecule has 0 saturated carbocycles. The van der Waals surface area contributed by atoms with E-state index in [4.69, 9.17) is 16.6 Å². The van der Waals surface area contributed by atoms with Gasteiger partial charge in [0.15, 0.2) is 5.11 Å². The molecule has 1 fully saturated rings. The number of aliphatic hydroxyl groups excluding tert-OH is 1. The summed E-state index contributed by atoms with van der Waals surface area (Å²) < 4.78 is 5.54. The normalized spacial score (nSPS) is 22.1. The van der Waals surface area contributed by atoms with E-state index in [0.717, 1.165) is 11.5 Å². The average molecular weight is 289 g/mol. The van der Waals surface area contributed by atoms with Gasteiger partial charge in [0.05, 0.1) is 24.6 Å². The molecule has 1 aliphatic rings. The lowest BCUT2D eigenvalue weighted by Crippen LogP contribution is -2.32. The fourth-order valence-electron chi connectivity index (χ4n) is 2.52. The Kier molecular flexibility index (Phi) is 3.66. The van der Waals surface area contributed by atoms with Crippen LogP contribution >= 0.6 is 12.2 Å². The topological polar surface area (TPSA) is 61.5 Å². The SMILES string of the molecule is OCCN1C(=S)NC(c2ccccn2)C1c1ccco1. The highest BCUT2D eigenvalue weighted by atomic mass is 32.1. The third-order valence-corrected chi connectivity index (χ3v) is 3.73. The molecule has 104 valence electrons. The Bertz CT molecular complexity index is 573. The van der Waals surface area contributed by atoms with Gasteiger partial charge in [-0.2, -0.15) is 0 Å². The van der Waals surface area contributed by atoms with E-state index in [2.05, 4.69) is 10.3 Å². The summed E-state index contributed by atoms with van der Waals surface area (Å²) >= 11 is 5.37. The summed E-state index contributed by atoms with van der Waals surface area (Å²) in [5.74, 6) is 0.807. The van der Waals surface area contributed by atoms with Gasteiger partial charge in [0.1, 0.15) is 11.8 Å². The van der Waals surface area contributed by atoms with E-state index in [1.54, 1.807) is 12.5 Å². The monoisotopic (exact) mass is 289 g/mol. The number of hydrogen-bond acceptors (Lipinski definition) is 4. The van der Waals surface area contributed by atoms with E-state index in [0.29, 0.717) is 11.7 Å². The van der Waals surface area contributed by atoms with Crippen LogP contribution in [0.2, 0.25) is 0 Å². The first kappa shape index (κ1) is 13.1. The van der Waals surface area contributed by atoms with Crippen molar-refractivity contribution in [3.63, 3.8) is 0 Å². The molecule has 2 atom stereocenters. The zero-order valence-electron chi connectivity index (χ0n) is 10.8. The van der Waals surface area contributed by atoms with Crippen LogP contribution in [0.4, 0.5) is 0 Å². The lowest BCUT2D eigenvalue weighted by molar-refractivity contribution is 0.208. The van der Waals surface area contributed by atoms with Crippen LogP contribution in [-0.4, -0.2) is 33.3 Å². The minimum absolute atomic E-state index is 0.0357. The van der Waals surface area contributed by atoms with Gasteiger partial charge in [-0.3, -0.25) is 4.98 Å². The van der Waals surface area contributed by atoms with Crippen LogP contribution in [0.3, 0.4) is 0 Å². The predicted molar refractivity (Wildman–Crippen MR) is 78.0 cm³/mol. The van der Waals surface area contributed by atoms with Crippen LogP contribution in [0.15, 0.2) is 47.2 Å². The first-order chi connectivity index (χ1) is 9.81. The largest absolute Gasteiger partial charge is 0.467 e. The molecule has 2 N–H and O–H groups in total. The molecule has 1 aliphatic heterocycles. The fourth-order valence-corrected chi connectivity index (χ4v) is 2.85. The highest BCUT2D eigenvalue weighted by Gasteiger charge is 2.40. The second-order valence-corrected chi connectivity index (χ2v) is 4.95. The van der Waals surface area contributed by atoms with Crippen LogP contribution in [0.25, 0.3) is 0 Å². The van der Waals surface area contributed by atoms with Crippen LogP contribution in [-0.2, 0) is 0 Å². The second-order valence-electron chi connectivity index (χ2n) is 4.56. The van der Waals surface area contributed by atoms with Gasteiger partial charge in [0.25, 0.3) is 0 Å². The minimum atomic E-state index is -0.0976. The molecular formula is C14H15N3O2S. The molecule has 0 aliphatic carbocycles. The molecule has 6 heteroatoms. The molecule has 0 spiro atoms. The number of nitrogens with zero attached hydrogens (tertiary/aromatic N) is 2. The smallest absolute Gasteiger partial charge is 0.170 e. The lowest BCUT2D eigenvalue weighted by atomic mass is 10.0. The molecule has 2 aromatic rings. The maximum Gasteiger partial charge on any atom is 0.170 e. The fraction of sp³-hybridized carbons (Fsp3) is 0.286. The number of aliphatic hydroxyl groups is 1. The molecule has 20 heavy (non-hydrogen) atoms. The Morgan fingerprint density at radius 2 is 2.25 bits per heavy atom. The van der Waals surface area contributed by atoms with Crippen molar-refractivity contribution in [2.24, 2.45) is 0 Å². The number of rotatable bonds is 4. The molecule has 0 amide bonds. The summed E-state index contributed by atoms with van der Waals surface area (Å²) in [4.78, 5) is 6.33. The second kappa shape index (κ2) is 5.60. The molecule has 2 unspecified atom stereocenters. The van der Waals surface area contributed by atoms with Gasteiger partial charge in [0, 0.05) is 12.7 Å². The first-order valence-corrected chi connectivity index (χ1v) is 6.84. The van der Waals surface area contributed by atoms with Crippen molar-refractivity contribution in [3.05, 3.63) is 54.2 Å². The van der Waals surface area contributed by atoms with Crippen molar-refractivity contribution in [2.75, 3.05) is 13.2 Å². The maximum atomic E-state index is 9.24. The number of hydrogen-bond donors (Lipinski definition) is 2. The van der Waals surface area contributed by atoms with E-state index in [9.17, 15) is 5.11 Å². The van der Waals surface area contributed by atoms with Crippen LogP contribution in [0.1, 0.15) is 23.5 Å². The van der Waals surface area contributed by atoms with Crippen LogP contribution < -0.4 is 5.32 Å². The lowest BCUT2D eigenvalue weighted by Gasteiger charge is -2.25. The first-order valence-electron chi connectivity index (χ1n) is 6.43. The van der Waals surface area contributed by atoms with Crippen molar-refractivity contribution in [1.29, 1.82) is 0 Å². The minimum Gasteiger partial charge on any atom is -0.467 e.